The number of rotatable bonds is 2. The molecular weight excluding hydrogens is 426 g/mol. The first-order chi connectivity index (χ1) is 11.0. The van der Waals surface area contributed by atoms with Crippen LogP contribution in [0.25, 0.3) is 0 Å². The molecule has 0 spiro atoms. The van der Waals surface area contributed by atoms with Gasteiger partial charge in [-0.15, -0.1) is 0 Å². The molecule has 24 heavy (non-hydrogen) atoms. The van der Waals surface area contributed by atoms with E-state index >= 15 is 0 Å². The largest absolute Gasteiger partial charge is 0.203 e. The van der Waals surface area contributed by atoms with Crippen molar-refractivity contribution >= 4 is 15.9 Å². The molecule has 0 nitrogen and oxygen atoms in total. The Balaban J connectivity index is 2.84. The van der Waals surface area contributed by atoms with Gasteiger partial charge in [-0.2, -0.15) is 0 Å². The molecule has 11 heteroatoms. The van der Waals surface area contributed by atoms with Crippen LogP contribution in [0.2, 0.25) is 0 Å². The zero-order chi connectivity index (χ0) is 18.5. The van der Waals surface area contributed by atoms with Crippen LogP contribution < -0.4 is 0 Å². The summed E-state index contributed by atoms with van der Waals surface area (Å²) in [6, 6.07) is 0. The summed E-state index contributed by atoms with van der Waals surface area (Å²) in [5.41, 5.74) is -3.62. The lowest BCUT2D eigenvalue weighted by Crippen LogP contribution is -2.14. The highest BCUT2D eigenvalue weighted by Gasteiger charge is 2.36. The predicted octanol–water partition coefficient (Wildman–Crippen LogP) is 5.56. The normalized spacial score (nSPS) is 11.5. The maximum atomic E-state index is 13.6. The Kier molecular flexibility index (Phi) is 4.84. The van der Waals surface area contributed by atoms with Crippen LogP contribution in [0.15, 0.2) is 0 Å². The fraction of sp³-hybridized carbons (Fsp3) is 0.0769. The molecule has 0 N–H and O–H groups in total. The minimum Gasteiger partial charge on any atom is -0.203 e. The van der Waals surface area contributed by atoms with Crippen LogP contribution in [0.5, 0.6) is 0 Å². The van der Waals surface area contributed by atoms with Crippen molar-refractivity contribution < 1.29 is 43.9 Å². The van der Waals surface area contributed by atoms with Crippen molar-refractivity contribution in [3.8, 4) is 0 Å². The van der Waals surface area contributed by atoms with Crippen LogP contribution in [0.1, 0.15) is 16.0 Å². The fourth-order valence-electron chi connectivity index (χ4n) is 1.83. The summed E-state index contributed by atoms with van der Waals surface area (Å²) in [7, 11) is 0. The van der Waals surface area contributed by atoms with Gasteiger partial charge < -0.3 is 0 Å². The summed E-state index contributed by atoms with van der Waals surface area (Å²) in [6.45, 7) is 0. The second-order valence-electron chi connectivity index (χ2n) is 4.33. The highest BCUT2D eigenvalue weighted by molar-refractivity contribution is 9.09. The minimum atomic E-state index is -2.55. The molecule has 0 heterocycles. The summed E-state index contributed by atoms with van der Waals surface area (Å²) >= 11 is 2.21. The lowest BCUT2D eigenvalue weighted by Gasteiger charge is -2.16. The van der Waals surface area contributed by atoms with Crippen molar-refractivity contribution in [1.29, 1.82) is 0 Å². The number of benzene rings is 2. The van der Waals surface area contributed by atoms with Gasteiger partial charge in [0.15, 0.2) is 46.5 Å². The van der Waals surface area contributed by atoms with Crippen LogP contribution in [0.3, 0.4) is 0 Å². The van der Waals surface area contributed by atoms with Crippen LogP contribution in [-0.4, -0.2) is 0 Å². The molecule has 0 bridgehead atoms. The van der Waals surface area contributed by atoms with Gasteiger partial charge in [0.25, 0.3) is 0 Å². The summed E-state index contributed by atoms with van der Waals surface area (Å²) in [5, 5.41) is 0. The Hall–Kier alpha value is -1.78. The van der Waals surface area contributed by atoms with E-state index in [0.717, 1.165) is 0 Å². The molecule has 0 aliphatic carbocycles. The van der Waals surface area contributed by atoms with Gasteiger partial charge in [0.2, 0.25) is 11.6 Å². The van der Waals surface area contributed by atoms with Crippen LogP contribution in [0.4, 0.5) is 43.9 Å². The van der Waals surface area contributed by atoms with Gasteiger partial charge in [0.05, 0.1) is 4.83 Å². The molecule has 0 radical (unpaired) electrons. The maximum Gasteiger partial charge on any atom is 0.200 e. The molecule has 0 aliphatic rings. The summed E-state index contributed by atoms with van der Waals surface area (Å²) in [5.74, 6) is -24.8. The molecule has 0 saturated heterocycles. The van der Waals surface area contributed by atoms with Gasteiger partial charge in [-0.25, -0.2) is 43.9 Å². The lowest BCUT2D eigenvalue weighted by molar-refractivity contribution is 0.362. The van der Waals surface area contributed by atoms with E-state index in [-0.39, 0.29) is 0 Å². The van der Waals surface area contributed by atoms with Gasteiger partial charge in [0, 0.05) is 11.1 Å². The van der Waals surface area contributed by atoms with Gasteiger partial charge in [-0.3, -0.25) is 0 Å². The van der Waals surface area contributed by atoms with Crippen molar-refractivity contribution in [3.63, 3.8) is 0 Å². The first-order valence-corrected chi connectivity index (χ1v) is 6.60. The predicted molar refractivity (Wildman–Crippen MR) is 63.2 cm³/mol. The zero-order valence-electron chi connectivity index (χ0n) is 10.7. The Morgan fingerprint density at radius 1 is 0.375 bits per heavy atom. The Morgan fingerprint density at radius 2 is 0.542 bits per heavy atom. The average molecular weight is 427 g/mol. The Morgan fingerprint density at radius 3 is 0.750 bits per heavy atom. The van der Waals surface area contributed by atoms with E-state index in [1.165, 1.54) is 0 Å². The minimum absolute atomic E-state index is 1.81. The molecule has 0 aliphatic heterocycles. The topological polar surface area (TPSA) is 0 Å². The molecule has 0 saturated carbocycles. The summed E-state index contributed by atoms with van der Waals surface area (Å²) in [4.78, 5) is -2.55. The van der Waals surface area contributed by atoms with Crippen molar-refractivity contribution in [2.75, 3.05) is 0 Å². The second kappa shape index (κ2) is 6.26. The van der Waals surface area contributed by atoms with Crippen molar-refractivity contribution in [2.45, 2.75) is 4.83 Å². The molecule has 0 aromatic heterocycles. The first kappa shape index (κ1) is 18.6. The second-order valence-corrected chi connectivity index (χ2v) is 5.25. The van der Waals surface area contributed by atoms with E-state index in [4.69, 9.17) is 0 Å². The monoisotopic (exact) mass is 426 g/mol. The highest BCUT2D eigenvalue weighted by Crippen LogP contribution is 2.40. The number of hydrogen-bond donors (Lipinski definition) is 0. The molecular formula is C13HBrF10. The van der Waals surface area contributed by atoms with E-state index in [2.05, 4.69) is 15.9 Å². The van der Waals surface area contributed by atoms with Crippen molar-refractivity contribution in [3.05, 3.63) is 69.3 Å². The third-order valence-electron chi connectivity index (χ3n) is 2.99. The standard InChI is InChI=1S/C13HBrF10/c14-3(1-4(15)8(19)12(23)9(20)5(1)16)2-6(17)10(21)13(24)11(22)7(2)18/h3H. The Bertz CT molecular complexity index is 720. The van der Waals surface area contributed by atoms with Crippen LogP contribution in [-0.2, 0) is 0 Å². The third-order valence-corrected chi connectivity index (χ3v) is 3.91. The molecule has 2 rings (SSSR count). The smallest absolute Gasteiger partial charge is 0.200 e. The molecule has 2 aromatic carbocycles. The SMILES string of the molecule is Fc1c(F)c(F)c(C(Br)c2c(F)c(F)c(F)c(F)c2F)c(F)c1F. The van der Waals surface area contributed by atoms with Crippen LogP contribution >= 0.6 is 15.9 Å². The zero-order valence-corrected chi connectivity index (χ0v) is 12.3. The van der Waals surface area contributed by atoms with E-state index < -0.39 is 74.1 Å². The van der Waals surface area contributed by atoms with E-state index in [9.17, 15) is 43.9 Å². The fourth-order valence-corrected chi connectivity index (χ4v) is 2.64. The average Bonchev–Trinajstić information content (AvgIpc) is 2.55. The van der Waals surface area contributed by atoms with Gasteiger partial charge >= 0.3 is 0 Å². The third kappa shape index (κ3) is 2.54. The summed E-state index contributed by atoms with van der Waals surface area (Å²) < 4.78 is 133. The Labute approximate surface area is 134 Å². The quantitative estimate of drug-likeness (QED) is 0.255. The summed E-state index contributed by atoms with van der Waals surface area (Å²) in [6.07, 6.45) is 0. The van der Waals surface area contributed by atoms with Crippen LogP contribution in [0, 0.1) is 58.2 Å². The number of halogens is 11. The van der Waals surface area contributed by atoms with Crippen molar-refractivity contribution in [2.24, 2.45) is 0 Å². The van der Waals surface area contributed by atoms with Gasteiger partial charge in [0.1, 0.15) is 0 Å². The molecule has 0 amide bonds. The number of hydrogen-bond acceptors (Lipinski definition) is 0. The van der Waals surface area contributed by atoms with E-state index in [0.29, 0.717) is 0 Å². The van der Waals surface area contributed by atoms with E-state index in [1.54, 1.807) is 0 Å². The first-order valence-electron chi connectivity index (χ1n) is 5.69. The van der Waals surface area contributed by atoms with Gasteiger partial charge in [-0.05, 0) is 0 Å². The van der Waals surface area contributed by atoms with Crippen molar-refractivity contribution in [1.82, 2.24) is 0 Å². The van der Waals surface area contributed by atoms with E-state index in [1.807, 2.05) is 0 Å². The molecule has 0 fully saturated rings. The highest BCUT2D eigenvalue weighted by atomic mass is 79.9. The molecule has 0 unspecified atom stereocenters. The molecule has 0 atom stereocenters. The van der Waals surface area contributed by atoms with Gasteiger partial charge in [-0.1, -0.05) is 15.9 Å². The molecule has 130 valence electrons. The number of alkyl halides is 1. The lowest BCUT2D eigenvalue weighted by atomic mass is 10.0. The maximum absolute atomic E-state index is 13.6. The molecule has 2 aromatic rings.